The molecule has 0 aromatic heterocycles. The fraction of sp³-hybridized carbons (Fsp3) is 0.875. The van der Waals surface area contributed by atoms with Crippen molar-refractivity contribution in [1.82, 2.24) is 10.4 Å². The maximum atomic E-state index is 3.61. The third-order valence-corrected chi connectivity index (χ3v) is 4.12. The molecule has 19 heavy (non-hydrogen) atoms. The van der Waals surface area contributed by atoms with Crippen LogP contribution in [-0.4, -0.2) is 16.0 Å². The van der Waals surface area contributed by atoms with Crippen molar-refractivity contribution in [3.63, 3.8) is 0 Å². The van der Waals surface area contributed by atoms with Crippen molar-refractivity contribution in [2.24, 2.45) is 0 Å². The minimum Gasteiger partial charge on any atom is -0.314 e. The van der Waals surface area contributed by atoms with Crippen molar-refractivity contribution >= 4 is 15.9 Å². The highest BCUT2D eigenvalue weighted by Crippen LogP contribution is 2.21. The maximum Gasteiger partial charge on any atom is 0.109 e. The van der Waals surface area contributed by atoms with Gasteiger partial charge in [0.1, 0.15) is 4.45 Å². The summed E-state index contributed by atoms with van der Waals surface area (Å²) in [6.07, 6.45) is 18.3. The van der Waals surface area contributed by atoms with Crippen molar-refractivity contribution in [3.05, 3.63) is 12.3 Å². The quantitative estimate of drug-likeness (QED) is 0.312. The summed E-state index contributed by atoms with van der Waals surface area (Å²) in [6, 6.07) is 0. The zero-order chi connectivity index (χ0) is 14.0. The Hall–Kier alpha value is -0.0200. The molecule has 0 bridgehead atoms. The molecule has 0 aromatic rings. The number of hydrogen-bond donors (Lipinski definition) is 1. The first-order valence-electron chi connectivity index (χ1n) is 8.07. The van der Waals surface area contributed by atoms with E-state index in [4.69, 9.17) is 0 Å². The average Bonchev–Trinajstić information content (AvgIpc) is 2.71. The number of unbranched alkanes of at least 4 members (excludes halogenated alkanes) is 9. The van der Waals surface area contributed by atoms with Crippen LogP contribution in [0.25, 0.3) is 0 Å². The number of halogens is 1. The summed E-state index contributed by atoms with van der Waals surface area (Å²) in [5.41, 5.74) is 3.40. The van der Waals surface area contributed by atoms with Crippen LogP contribution in [0.5, 0.6) is 0 Å². The number of rotatable bonds is 11. The molecule has 0 aliphatic carbocycles. The van der Waals surface area contributed by atoms with Gasteiger partial charge < -0.3 is 5.01 Å². The van der Waals surface area contributed by atoms with Crippen LogP contribution < -0.4 is 5.43 Å². The van der Waals surface area contributed by atoms with Crippen molar-refractivity contribution in [2.75, 3.05) is 6.54 Å². The van der Waals surface area contributed by atoms with Crippen LogP contribution in [0.2, 0.25) is 0 Å². The van der Waals surface area contributed by atoms with E-state index in [1.807, 2.05) is 0 Å². The van der Waals surface area contributed by atoms with Crippen molar-refractivity contribution in [3.8, 4) is 0 Å². The van der Waals surface area contributed by atoms with Crippen LogP contribution in [0.15, 0.2) is 12.3 Å². The Kier molecular flexibility index (Phi) is 8.80. The largest absolute Gasteiger partial charge is 0.314 e. The van der Waals surface area contributed by atoms with Gasteiger partial charge in [-0.05, 0) is 19.4 Å². The Morgan fingerprint density at radius 1 is 0.947 bits per heavy atom. The van der Waals surface area contributed by atoms with Gasteiger partial charge in [-0.2, -0.15) is 0 Å². The lowest BCUT2D eigenvalue weighted by molar-refractivity contribution is 0.265. The molecule has 0 aromatic carbocycles. The molecule has 1 aliphatic heterocycles. The molecule has 0 radical (unpaired) electrons. The summed E-state index contributed by atoms with van der Waals surface area (Å²) < 4.78 is -0.0362. The minimum absolute atomic E-state index is 0.0362. The van der Waals surface area contributed by atoms with E-state index in [1.165, 1.54) is 64.2 Å². The normalized spacial score (nSPS) is 22.4. The highest BCUT2D eigenvalue weighted by Gasteiger charge is 2.23. The van der Waals surface area contributed by atoms with Gasteiger partial charge >= 0.3 is 0 Å². The average molecular weight is 331 g/mol. The van der Waals surface area contributed by atoms with Crippen molar-refractivity contribution in [2.45, 2.75) is 82.5 Å². The predicted molar refractivity (Wildman–Crippen MR) is 88.2 cm³/mol. The van der Waals surface area contributed by atoms with Gasteiger partial charge in [0.05, 0.1) is 0 Å². The van der Waals surface area contributed by atoms with Crippen LogP contribution in [0.1, 0.15) is 78.1 Å². The zero-order valence-electron chi connectivity index (χ0n) is 12.8. The number of hydrogen-bond acceptors (Lipinski definition) is 2. The van der Waals surface area contributed by atoms with Crippen LogP contribution in [0.3, 0.4) is 0 Å². The van der Waals surface area contributed by atoms with E-state index in [9.17, 15) is 0 Å². The lowest BCUT2D eigenvalue weighted by Crippen LogP contribution is -2.40. The van der Waals surface area contributed by atoms with Gasteiger partial charge in [0.25, 0.3) is 0 Å². The third-order valence-electron chi connectivity index (χ3n) is 3.68. The van der Waals surface area contributed by atoms with Gasteiger partial charge in [0, 0.05) is 12.7 Å². The van der Waals surface area contributed by atoms with Crippen molar-refractivity contribution < 1.29 is 0 Å². The molecule has 1 N–H and O–H groups in total. The Labute approximate surface area is 128 Å². The first-order valence-corrected chi connectivity index (χ1v) is 8.86. The molecule has 112 valence electrons. The Morgan fingerprint density at radius 2 is 1.47 bits per heavy atom. The van der Waals surface area contributed by atoms with Crippen molar-refractivity contribution in [1.29, 1.82) is 0 Å². The van der Waals surface area contributed by atoms with E-state index in [1.54, 1.807) is 0 Å². The molecule has 1 rings (SSSR count). The lowest BCUT2D eigenvalue weighted by Gasteiger charge is -2.22. The maximum absolute atomic E-state index is 3.61. The lowest BCUT2D eigenvalue weighted by atomic mass is 10.1. The minimum atomic E-state index is -0.0362. The fourth-order valence-corrected chi connectivity index (χ4v) is 2.83. The second-order valence-corrected chi connectivity index (χ2v) is 7.53. The summed E-state index contributed by atoms with van der Waals surface area (Å²) in [5, 5.41) is 2.19. The van der Waals surface area contributed by atoms with Crippen LogP contribution in [0.4, 0.5) is 0 Å². The van der Waals surface area contributed by atoms with E-state index in [2.05, 4.69) is 52.5 Å². The first kappa shape index (κ1) is 17.0. The molecule has 3 heteroatoms. The molecule has 0 saturated heterocycles. The molecule has 0 fully saturated rings. The second kappa shape index (κ2) is 9.82. The molecule has 1 aliphatic rings. The summed E-state index contributed by atoms with van der Waals surface area (Å²) in [4.78, 5) is 0. The standard InChI is InChI=1S/C16H31BrN2/c1-3-4-5-6-7-8-9-10-11-12-14-19-15-13-16(2,17)18-19/h13,15,18H,3-12,14H2,1-2H3. The van der Waals surface area contributed by atoms with E-state index in [-0.39, 0.29) is 4.45 Å². The molecule has 0 saturated carbocycles. The van der Waals surface area contributed by atoms with Gasteiger partial charge in [-0.25, -0.2) is 5.43 Å². The number of alkyl halides is 1. The second-order valence-electron chi connectivity index (χ2n) is 5.88. The summed E-state index contributed by atoms with van der Waals surface area (Å²) in [5.74, 6) is 0. The van der Waals surface area contributed by atoms with Crippen LogP contribution >= 0.6 is 15.9 Å². The molecule has 1 atom stereocenters. The van der Waals surface area contributed by atoms with E-state index >= 15 is 0 Å². The summed E-state index contributed by atoms with van der Waals surface area (Å²) in [7, 11) is 0. The number of nitrogens with zero attached hydrogens (tertiary/aromatic N) is 1. The molecular weight excluding hydrogens is 300 g/mol. The summed E-state index contributed by atoms with van der Waals surface area (Å²) in [6.45, 7) is 5.53. The first-order chi connectivity index (χ1) is 9.14. The number of hydrazine groups is 1. The van der Waals surface area contributed by atoms with Gasteiger partial charge in [-0.3, -0.25) is 0 Å². The third kappa shape index (κ3) is 8.69. The van der Waals surface area contributed by atoms with E-state index in [0.29, 0.717) is 0 Å². The Bertz CT molecular complexity index is 251. The van der Waals surface area contributed by atoms with E-state index < -0.39 is 0 Å². The van der Waals surface area contributed by atoms with Crippen LogP contribution in [0, 0.1) is 0 Å². The molecule has 1 heterocycles. The van der Waals surface area contributed by atoms with Gasteiger partial charge in [0.15, 0.2) is 0 Å². The molecule has 0 amide bonds. The zero-order valence-corrected chi connectivity index (χ0v) is 14.3. The van der Waals surface area contributed by atoms with Gasteiger partial charge in [-0.1, -0.05) is 80.6 Å². The highest BCUT2D eigenvalue weighted by molar-refractivity contribution is 9.10. The van der Waals surface area contributed by atoms with Gasteiger partial charge in [0.2, 0.25) is 0 Å². The Morgan fingerprint density at radius 3 is 1.95 bits per heavy atom. The predicted octanol–water partition coefficient (Wildman–Crippen LogP) is 5.35. The monoisotopic (exact) mass is 330 g/mol. The molecule has 2 nitrogen and oxygen atoms in total. The fourth-order valence-electron chi connectivity index (χ4n) is 2.49. The summed E-state index contributed by atoms with van der Waals surface area (Å²) >= 11 is 3.61. The smallest absolute Gasteiger partial charge is 0.109 e. The number of nitrogens with one attached hydrogen (secondary N) is 1. The van der Waals surface area contributed by atoms with Crippen LogP contribution in [-0.2, 0) is 0 Å². The molecule has 1 unspecified atom stereocenters. The molecule has 0 spiro atoms. The Balaban J connectivity index is 1.81. The highest BCUT2D eigenvalue weighted by atomic mass is 79.9. The van der Waals surface area contributed by atoms with E-state index in [0.717, 1.165) is 6.54 Å². The van der Waals surface area contributed by atoms with Gasteiger partial charge in [-0.15, -0.1) is 0 Å². The molecular formula is C16H31BrN2. The SMILES string of the molecule is CCCCCCCCCCCCN1C=CC(C)(Br)N1. The topological polar surface area (TPSA) is 15.3 Å².